The monoisotopic (exact) mass is 242 g/mol. The van der Waals surface area contributed by atoms with E-state index >= 15 is 0 Å². The maximum absolute atomic E-state index is 5.68. The Morgan fingerprint density at radius 2 is 2.00 bits per heavy atom. The lowest BCUT2D eigenvalue weighted by Crippen LogP contribution is -2.53. The van der Waals surface area contributed by atoms with Crippen LogP contribution in [0.3, 0.4) is 0 Å². The molecule has 0 saturated carbocycles. The lowest BCUT2D eigenvalue weighted by molar-refractivity contribution is 0.0813. The van der Waals surface area contributed by atoms with E-state index in [-0.39, 0.29) is 0 Å². The van der Waals surface area contributed by atoms with E-state index in [4.69, 9.17) is 4.74 Å². The van der Waals surface area contributed by atoms with Gasteiger partial charge in [0.2, 0.25) is 0 Å². The number of hydrogen-bond donors (Lipinski definition) is 1. The third kappa shape index (κ3) is 6.39. The molecule has 1 atom stereocenters. The summed E-state index contributed by atoms with van der Waals surface area (Å²) in [6.07, 6.45) is 1.18. The minimum absolute atomic E-state index is 0.652. The molecular weight excluding hydrogens is 212 g/mol. The number of hydrogen-bond acceptors (Lipinski definition) is 3. The van der Waals surface area contributed by atoms with Crippen molar-refractivity contribution in [2.45, 2.75) is 40.2 Å². The van der Waals surface area contributed by atoms with Crippen LogP contribution in [-0.4, -0.2) is 50.3 Å². The van der Waals surface area contributed by atoms with Gasteiger partial charge in [-0.3, -0.25) is 4.90 Å². The normalized spacial score (nSPS) is 22.6. The van der Waals surface area contributed by atoms with Gasteiger partial charge in [-0.2, -0.15) is 0 Å². The smallest absolute Gasteiger partial charge is 0.0593 e. The second-order valence-corrected chi connectivity index (χ2v) is 5.90. The van der Waals surface area contributed by atoms with Crippen LogP contribution < -0.4 is 5.32 Å². The first-order valence-corrected chi connectivity index (χ1v) is 7.13. The first-order valence-electron chi connectivity index (χ1n) is 7.13. The van der Waals surface area contributed by atoms with Crippen molar-refractivity contribution in [2.24, 2.45) is 11.8 Å². The molecule has 1 aliphatic heterocycles. The molecule has 0 radical (unpaired) electrons. The quantitative estimate of drug-likeness (QED) is 0.691. The Labute approximate surface area is 107 Å². The summed E-state index contributed by atoms with van der Waals surface area (Å²) >= 11 is 0. The SMILES string of the molecule is CC(C)CCOCCN1CCNC(C(C)C)C1. The van der Waals surface area contributed by atoms with Gasteiger partial charge in [-0.15, -0.1) is 0 Å². The Bertz CT molecular complexity index is 195. The van der Waals surface area contributed by atoms with Crippen molar-refractivity contribution in [2.75, 3.05) is 39.4 Å². The Morgan fingerprint density at radius 1 is 1.24 bits per heavy atom. The van der Waals surface area contributed by atoms with Crippen molar-refractivity contribution in [1.82, 2.24) is 10.2 Å². The van der Waals surface area contributed by atoms with E-state index in [1.807, 2.05) is 0 Å². The third-order valence-corrected chi connectivity index (χ3v) is 3.49. The zero-order valence-electron chi connectivity index (χ0n) is 12.0. The van der Waals surface area contributed by atoms with E-state index < -0.39 is 0 Å². The molecule has 0 aromatic rings. The minimum Gasteiger partial charge on any atom is -0.380 e. The van der Waals surface area contributed by atoms with Crippen LogP contribution in [0.15, 0.2) is 0 Å². The van der Waals surface area contributed by atoms with Crippen LogP contribution in [0, 0.1) is 11.8 Å². The fourth-order valence-electron chi connectivity index (χ4n) is 2.11. The summed E-state index contributed by atoms with van der Waals surface area (Å²) in [5.74, 6) is 1.47. The van der Waals surface area contributed by atoms with Crippen molar-refractivity contribution in [3.8, 4) is 0 Å². The molecule has 1 aliphatic rings. The van der Waals surface area contributed by atoms with Gasteiger partial charge in [0.1, 0.15) is 0 Å². The molecular formula is C14H30N2O. The van der Waals surface area contributed by atoms with Crippen molar-refractivity contribution < 1.29 is 4.74 Å². The Hall–Kier alpha value is -0.120. The number of nitrogens with one attached hydrogen (secondary N) is 1. The standard InChI is InChI=1S/C14H30N2O/c1-12(2)5-9-17-10-8-16-7-6-15-14(11-16)13(3)4/h12-15H,5-11H2,1-4H3. The van der Waals surface area contributed by atoms with Crippen molar-refractivity contribution in [1.29, 1.82) is 0 Å². The Morgan fingerprint density at radius 3 is 2.65 bits per heavy atom. The van der Waals surface area contributed by atoms with Gasteiger partial charge in [-0.05, 0) is 18.3 Å². The molecule has 0 aromatic carbocycles. The van der Waals surface area contributed by atoms with E-state index in [0.29, 0.717) is 6.04 Å². The van der Waals surface area contributed by atoms with Crippen LogP contribution in [0.2, 0.25) is 0 Å². The topological polar surface area (TPSA) is 24.5 Å². The van der Waals surface area contributed by atoms with Gasteiger partial charge < -0.3 is 10.1 Å². The van der Waals surface area contributed by atoms with Gasteiger partial charge >= 0.3 is 0 Å². The van der Waals surface area contributed by atoms with Crippen molar-refractivity contribution in [3.05, 3.63) is 0 Å². The number of nitrogens with zero attached hydrogens (tertiary/aromatic N) is 1. The zero-order valence-corrected chi connectivity index (χ0v) is 12.0. The van der Waals surface area contributed by atoms with Crippen LogP contribution in [0.4, 0.5) is 0 Å². The fraction of sp³-hybridized carbons (Fsp3) is 1.00. The number of rotatable bonds is 7. The Kier molecular flexibility index (Phi) is 7.09. The van der Waals surface area contributed by atoms with Gasteiger partial charge in [0.25, 0.3) is 0 Å². The summed E-state index contributed by atoms with van der Waals surface area (Å²) in [4.78, 5) is 2.52. The van der Waals surface area contributed by atoms with Gasteiger partial charge in [0, 0.05) is 38.8 Å². The number of piperazine rings is 1. The lowest BCUT2D eigenvalue weighted by Gasteiger charge is -2.35. The molecule has 1 N–H and O–H groups in total. The first-order chi connectivity index (χ1) is 8.09. The van der Waals surface area contributed by atoms with Gasteiger partial charge in [-0.1, -0.05) is 27.7 Å². The highest BCUT2D eigenvalue weighted by Crippen LogP contribution is 2.07. The van der Waals surface area contributed by atoms with Gasteiger partial charge in [0.15, 0.2) is 0 Å². The molecule has 17 heavy (non-hydrogen) atoms. The molecule has 1 heterocycles. The minimum atomic E-state index is 0.652. The molecule has 0 amide bonds. The molecule has 102 valence electrons. The summed E-state index contributed by atoms with van der Waals surface area (Å²) < 4.78 is 5.68. The van der Waals surface area contributed by atoms with E-state index in [2.05, 4.69) is 37.9 Å². The van der Waals surface area contributed by atoms with Crippen LogP contribution in [0.25, 0.3) is 0 Å². The van der Waals surface area contributed by atoms with Crippen LogP contribution >= 0.6 is 0 Å². The Balaban J connectivity index is 2.06. The van der Waals surface area contributed by atoms with Crippen LogP contribution in [0.1, 0.15) is 34.1 Å². The van der Waals surface area contributed by atoms with Crippen LogP contribution in [-0.2, 0) is 4.74 Å². The zero-order chi connectivity index (χ0) is 12.7. The average molecular weight is 242 g/mol. The molecule has 1 unspecified atom stereocenters. The maximum Gasteiger partial charge on any atom is 0.0593 e. The highest BCUT2D eigenvalue weighted by molar-refractivity contribution is 4.80. The second-order valence-electron chi connectivity index (χ2n) is 5.90. The van der Waals surface area contributed by atoms with E-state index in [0.717, 1.165) is 44.7 Å². The highest BCUT2D eigenvalue weighted by Gasteiger charge is 2.20. The summed E-state index contributed by atoms with van der Waals surface area (Å²) in [5.41, 5.74) is 0. The number of ether oxygens (including phenoxy) is 1. The summed E-state index contributed by atoms with van der Waals surface area (Å²) in [6, 6.07) is 0.652. The molecule has 0 aromatic heterocycles. The van der Waals surface area contributed by atoms with Gasteiger partial charge in [-0.25, -0.2) is 0 Å². The predicted octanol–water partition coefficient (Wildman–Crippen LogP) is 1.98. The summed E-state index contributed by atoms with van der Waals surface area (Å²) in [6.45, 7) is 15.4. The molecule has 1 fully saturated rings. The molecule has 1 rings (SSSR count). The molecule has 3 nitrogen and oxygen atoms in total. The summed E-state index contributed by atoms with van der Waals surface area (Å²) in [5, 5.41) is 3.58. The van der Waals surface area contributed by atoms with E-state index in [9.17, 15) is 0 Å². The molecule has 1 saturated heterocycles. The largest absolute Gasteiger partial charge is 0.380 e. The fourth-order valence-corrected chi connectivity index (χ4v) is 2.11. The van der Waals surface area contributed by atoms with Crippen molar-refractivity contribution >= 4 is 0 Å². The van der Waals surface area contributed by atoms with Crippen molar-refractivity contribution in [3.63, 3.8) is 0 Å². The summed E-state index contributed by atoms with van der Waals surface area (Å²) in [7, 11) is 0. The highest BCUT2D eigenvalue weighted by atomic mass is 16.5. The first kappa shape index (κ1) is 14.9. The molecule has 0 aliphatic carbocycles. The average Bonchev–Trinajstić information content (AvgIpc) is 2.28. The van der Waals surface area contributed by atoms with E-state index in [1.54, 1.807) is 0 Å². The predicted molar refractivity (Wildman–Crippen MR) is 73.3 cm³/mol. The lowest BCUT2D eigenvalue weighted by atomic mass is 10.0. The van der Waals surface area contributed by atoms with Crippen LogP contribution in [0.5, 0.6) is 0 Å². The molecule has 3 heteroatoms. The molecule has 0 spiro atoms. The maximum atomic E-state index is 5.68. The molecule has 0 bridgehead atoms. The van der Waals surface area contributed by atoms with E-state index in [1.165, 1.54) is 13.0 Å². The van der Waals surface area contributed by atoms with Gasteiger partial charge in [0.05, 0.1) is 6.61 Å². The second kappa shape index (κ2) is 8.06. The third-order valence-electron chi connectivity index (χ3n) is 3.49.